The number of aromatic nitrogens is 2. The van der Waals surface area contributed by atoms with Crippen molar-refractivity contribution in [2.45, 2.75) is 6.92 Å². The van der Waals surface area contributed by atoms with Gasteiger partial charge < -0.3 is 9.92 Å². The number of hydrogen-bond donors (Lipinski definition) is 2. The number of nitrogens with one attached hydrogen (secondary N) is 1. The summed E-state index contributed by atoms with van der Waals surface area (Å²) in [4.78, 5) is 22.5. The fourth-order valence-electron chi connectivity index (χ4n) is 1.47. The van der Waals surface area contributed by atoms with Crippen molar-refractivity contribution in [1.82, 2.24) is 9.97 Å². The maximum absolute atomic E-state index is 11.6. The zero-order valence-electron chi connectivity index (χ0n) is 8.60. The molecule has 0 amide bonds. The molecular formula is C10H10N4O2. The van der Waals surface area contributed by atoms with Gasteiger partial charge in [-0.2, -0.15) is 0 Å². The molecule has 6 heteroatoms. The van der Waals surface area contributed by atoms with Gasteiger partial charge in [-0.3, -0.25) is 9.78 Å². The van der Waals surface area contributed by atoms with Crippen molar-refractivity contribution >= 4 is 17.1 Å². The highest BCUT2D eigenvalue weighted by Crippen LogP contribution is 2.12. The third-order valence-corrected chi connectivity index (χ3v) is 2.25. The van der Waals surface area contributed by atoms with E-state index in [9.17, 15) is 4.79 Å². The van der Waals surface area contributed by atoms with Crippen molar-refractivity contribution < 1.29 is 4.94 Å². The van der Waals surface area contributed by atoms with E-state index in [0.717, 1.165) is 16.6 Å². The van der Waals surface area contributed by atoms with Crippen LogP contribution in [0.15, 0.2) is 28.3 Å². The van der Waals surface area contributed by atoms with Crippen LogP contribution in [0.25, 0.3) is 10.9 Å². The molecule has 2 rings (SSSR count). The molecule has 0 aliphatic heterocycles. The van der Waals surface area contributed by atoms with Crippen LogP contribution in [0.1, 0.15) is 11.3 Å². The minimum atomic E-state index is -0.251. The molecule has 0 atom stereocenters. The monoisotopic (exact) mass is 218 g/mol. The second-order valence-electron chi connectivity index (χ2n) is 3.25. The summed E-state index contributed by atoms with van der Waals surface area (Å²) in [6.07, 6.45) is 2.90. The highest BCUT2D eigenvalue weighted by Gasteiger charge is 2.03. The molecule has 16 heavy (non-hydrogen) atoms. The van der Waals surface area contributed by atoms with E-state index in [2.05, 4.69) is 20.1 Å². The van der Waals surface area contributed by atoms with Crippen LogP contribution < -0.4 is 11.5 Å². The van der Waals surface area contributed by atoms with Gasteiger partial charge in [0.15, 0.2) is 0 Å². The summed E-state index contributed by atoms with van der Waals surface area (Å²) in [6.45, 7) is 1.86. The zero-order valence-corrected chi connectivity index (χ0v) is 8.60. The summed E-state index contributed by atoms with van der Waals surface area (Å²) in [7, 11) is 0. The average molecular weight is 218 g/mol. The molecule has 3 N–H and O–H groups in total. The fourth-order valence-corrected chi connectivity index (χ4v) is 1.47. The van der Waals surface area contributed by atoms with Crippen molar-refractivity contribution in [3.05, 3.63) is 39.9 Å². The van der Waals surface area contributed by atoms with Crippen molar-refractivity contribution in [2.75, 3.05) is 0 Å². The van der Waals surface area contributed by atoms with Gasteiger partial charge in [0.2, 0.25) is 0 Å². The van der Waals surface area contributed by atoms with Gasteiger partial charge >= 0.3 is 0 Å². The Bertz CT molecular complexity index is 603. The van der Waals surface area contributed by atoms with Gasteiger partial charge in [-0.25, -0.2) is 0 Å². The van der Waals surface area contributed by atoms with Gasteiger partial charge in [-0.1, -0.05) is 5.16 Å². The molecule has 2 heterocycles. The second kappa shape index (κ2) is 4.11. The molecule has 0 saturated heterocycles. The molecule has 0 aliphatic rings. The van der Waals surface area contributed by atoms with E-state index in [4.69, 9.17) is 5.90 Å². The highest BCUT2D eigenvalue weighted by atomic mass is 16.7. The van der Waals surface area contributed by atoms with Crippen LogP contribution in [0, 0.1) is 6.92 Å². The Balaban J connectivity index is 2.69. The summed E-state index contributed by atoms with van der Waals surface area (Å²) in [5.74, 6) is 4.75. The number of fused-ring (bicyclic) bond motifs is 1. The first kappa shape index (κ1) is 10.3. The van der Waals surface area contributed by atoms with Crippen molar-refractivity contribution in [3.63, 3.8) is 0 Å². The Morgan fingerprint density at radius 3 is 3.19 bits per heavy atom. The van der Waals surface area contributed by atoms with Crippen LogP contribution in [0.2, 0.25) is 0 Å². The third-order valence-electron chi connectivity index (χ3n) is 2.25. The summed E-state index contributed by atoms with van der Waals surface area (Å²) in [6, 6.07) is 3.43. The van der Waals surface area contributed by atoms with E-state index < -0.39 is 0 Å². The maximum Gasteiger partial charge on any atom is 0.257 e. The van der Waals surface area contributed by atoms with Gasteiger partial charge in [0.05, 0.1) is 17.3 Å². The predicted octanol–water partition coefficient (Wildman–Crippen LogP) is 0.456. The van der Waals surface area contributed by atoms with Crippen LogP contribution >= 0.6 is 0 Å². The smallest absolute Gasteiger partial charge is 0.257 e. The molecule has 0 aromatic carbocycles. The quantitative estimate of drug-likeness (QED) is 0.565. The number of aryl methyl sites for hydroxylation is 1. The van der Waals surface area contributed by atoms with Crippen LogP contribution in [-0.2, 0) is 4.94 Å². The first-order valence-electron chi connectivity index (χ1n) is 4.60. The molecule has 2 aromatic rings. The predicted molar refractivity (Wildman–Crippen MR) is 60.0 cm³/mol. The van der Waals surface area contributed by atoms with Gasteiger partial charge in [0, 0.05) is 17.3 Å². The average Bonchev–Trinajstić information content (AvgIpc) is 2.27. The number of rotatable bonds is 2. The highest BCUT2D eigenvalue weighted by molar-refractivity contribution is 5.88. The summed E-state index contributed by atoms with van der Waals surface area (Å²) in [5.41, 5.74) is 1.69. The van der Waals surface area contributed by atoms with Crippen LogP contribution in [-0.4, -0.2) is 16.2 Å². The normalized spacial score (nSPS) is 11.1. The molecule has 0 saturated carbocycles. The molecule has 2 aromatic heterocycles. The number of nitrogens with two attached hydrogens (primary N) is 1. The van der Waals surface area contributed by atoms with Crippen molar-refractivity contribution in [3.8, 4) is 0 Å². The minimum absolute atomic E-state index is 0.251. The SMILES string of the molecule is Cc1nccc2[nH]c(=O)c(/C=N\ON)cc12. The zero-order chi connectivity index (χ0) is 11.5. The number of oxime groups is 1. The lowest BCUT2D eigenvalue weighted by molar-refractivity contribution is 0.150. The Hall–Kier alpha value is -2.21. The van der Waals surface area contributed by atoms with E-state index in [-0.39, 0.29) is 5.56 Å². The molecule has 0 unspecified atom stereocenters. The van der Waals surface area contributed by atoms with E-state index in [1.807, 2.05) is 6.92 Å². The Kier molecular flexibility index (Phi) is 2.65. The number of H-pyrrole nitrogens is 1. The molecule has 0 spiro atoms. The number of aromatic amines is 1. The molecule has 82 valence electrons. The van der Waals surface area contributed by atoms with Crippen LogP contribution in [0.4, 0.5) is 0 Å². The van der Waals surface area contributed by atoms with E-state index in [0.29, 0.717) is 5.56 Å². The van der Waals surface area contributed by atoms with Gasteiger partial charge in [-0.15, -0.1) is 5.90 Å². The largest absolute Gasteiger partial charge is 0.321 e. The first-order chi connectivity index (χ1) is 7.72. The van der Waals surface area contributed by atoms with Crippen molar-refractivity contribution in [1.29, 1.82) is 0 Å². The Morgan fingerprint density at radius 1 is 1.62 bits per heavy atom. The Labute approximate surface area is 90.7 Å². The van der Waals surface area contributed by atoms with E-state index in [1.54, 1.807) is 18.3 Å². The summed E-state index contributed by atoms with van der Waals surface area (Å²) < 4.78 is 0. The lowest BCUT2D eigenvalue weighted by Gasteiger charge is -2.01. The number of hydrogen-bond acceptors (Lipinski definition) is 5. The Morgan fingerprint density at radius 2 is 2.44 bits per heavy atom. The van der Waals surface area contributed by atoms with E-state index in [1.165, 1.54) is 6.21 Å². The van der Waals surface area contributed by atoms with Gasteiger partial charge in [0.1, 0.15) is 0 Å². The van der Waals surface area contributed by atoms with Gasteiger partial charge in [0.25, 0.3) is 5.56 Å². The van der Waals surface area contributed by atoms with Crippen LogP contribution in [0.3, 0.4) is 0 Å². The fraction of sp³-hybridized carbons (Fsp3) is 0.100. The lowest BCUT2D eigenvalue weighted by Crippen LogP contribution is -2.12. The number of nitrogens with zero attached hydrogens (tertiary/aromatic N) is 2. The third kappa shape index (κ3) is 1.78. The molecule has 0 aliphatic carbocycles. The minimum Gasteiger partial charge on any atom is -0.321 e. The van der Waals surface area contributed by atoms with E-state index >= 15 is 0 Å². The summed E-state index contributed by atoms with van der Waals surface area (Å²) in [5, 5.41) is 4.21. The first-order valence-corrected chi connectivity index (χ1v) is 4.60. The van der Waals surface area contributed by atoms with Crippen LogP contribution in [0.5, 0.6) is 0 Å². The summed E-state index contributed by atoms with van der Waals surface area (Å²) >= 11 is 0. The van der Waals surface area contributed by atoms with Gasteiger partial charge in [-0.05, 0) is 19.1 Å². The maximum atomic E-state index is 11.6. The van der Waals surface area contributed by atoms with Crippen molar-refractivity contribution in [2.24, 2.45) is 11.1 Å². The standard InChI is InChI=1S/C10H10N4O2/c1-6-8-4-7(5-13-16-11)10(15)14-9(8)2-3-12-6/h2-5H,11H2,1H3,(H,14,15)/b13-5-. The number of pyridine rings is 2. The topological polar surface area (TPSA) is 93.4 Å². The molecule has 0 bridgehead atoms. The molecule has 0 fully saturated rings. The molecular weight excluding hydrogens is 208 g/mol. The lowest BCUT2D eigenvalue weighted by atomic mass is 10.1. The second-order valence-corrected chi connectivity index (χ2v) is 3.25. The molecule has 6 nitrogen and oxygen atoms in total. The molecule has 0 radical (unpaired) electrons.